The predicted molar refractivity (Wildman–Crippen MR) is 25.1 cm³/mol. The molecule has 0 spiro atoms. The summed E-state index contributed by atoms with van der Waals surface area (Å²) in [4.78, 5) is 0. The van der Waals surface area contributed by atoms with Crippen LogP contribution in [0.25, 0.3) is 0 Å². The SMILES string of the molecule is C#N.Cl.N#CC#N. The number of hydrogen-bond acceptors (Lipinski definition) is 3. The van der Waals surface area contributed by atoms with Crippen molar-refractivity contribution in [1.82, 2.24) is 0 Å². The first kappa shape index (κ1) is 17.1. The number of hydrogen-bond donors (Lipinski definition) is 0. The van der Waals surface area contributed by atoms with Crippen molar-refractivity contribution in [3.8, 4) is 18.7 Å². The van der Waals surface area contributed by atoms with Gasteiger partial charge in [0.2, 0.25) is 0 Å². The lowest BCUT2D eigenvalue weighted by Gasteiger charge is -1.16. The molecule has 0 fully saturated rings. The quantitative estimate of drug-likeness (QED) is 0.464. The van der Waals surface area contributed by atoms with Gasteiger partial charge in [0, 0.05) is 6.57 Å². The topological polar surface area (TPSA) is 71.4 Å². The Balaban J connectivity index is -0.0000000480. The maximum absolute atomic E-state index is 7.26. The molecule has 0 rings (SSSR count). The molecule has 0 aromatic heterocycles. The Morgan fingerprint density at radius 3 is 1.14 bits per heavy atom. The van der Waals surface area contributed by atoms with E-state index in [1.807, 2.05) is 0 Å². The van der Waals surface area contributed by atoms with Gasteiger partial charge in [0.15, 0.2) is 12.1 Å². The molecule has 0 aromatic carbocycles. The van der Waals surface area contributed by atoms with Crippen LogP contribution in [0.5, 0.6) is 0 Å². The average Bonchev–Trinajstić information content (AvgIpc) is 1.72. The van der Waals surface area contributed by atoms with Gasteiger partial charge < -0.3 is 0 Å². The van der Waals surface area contributed by atoms with Crippen molar-refractivity contribution in [2.75, 3.05) is 0 Å². The van der Waals surface area contributed by atoms with Gasteiger partial charge in [-0.15, -0.1) is 12.4 Å². The zero-order valence-corrected chi connectivity index (χ0v) is 4.14. The van der Waals surface area contributed by atoms with Crippen molar-refractivity contribution in [3.05, 3.63) is 0 Å². The van der Waals surface area contributed by atoms with E-state index in [2.05, 4.69) is 6.57 Å². The van der Waals surface area contributed by atoms with Crippen LogP contribution in [0.15, 0.2) is 0 Å². The summed E-state index contributed by atoms with van der Waals surface area (Å²) in [6, 6.07) is 2.47. The maximum Gasteiger partial charge on any atom is 0.181 e. The molecule has 36 valence electrons. The van der Waals surface area contributed by atoms with Gasteiger partial charge in [0.1, 0.15) is 0 Å². The van der Waals surface area contributed by atoms with Crippen LogP contribution >= 0.6 is 12.4 Å². The van der Waals surface area contributed by atoms with Crippen LogP contribution in [-0.4, -0.2) is 0 Å². The molecule has 0 radical (unpaired) electrons. The second-order valence-corrected chi connectivity index (χ2v) is 0.224. The van der Waals surface area contributed by atoms with Gasteiger partial charge in [-0.3, -0.25) is 0 Å². The molecule has 0 aliphatic rings. The van der Waals surface area contributed by atoms with E-state index < -0.39 is 0 Å². The molecule has 3 nitrogen and oxygen atoms in total. The van der Waals surface area contributed by atoms with Gasteiger partial charge in [-0.2, -0.15) is 10.5 Å². The number of rotatable bonds is 0. The molecule has 7 heavy (non-hydrogen) atoms. The van der Waals surface area contributed by atoms with E-state index in [1.165, 1.54) is 12.1 Å². The van der Waals surface area contributed by atoms with E-state index in [0.717, 1.165) is 0 Å². The van der Waals surface area contributed by atoms with Crippen LogP contribution in [0, 0.1) is 34.5 Å². The monoisotopic (exact) mass is 115 g/mol. The van der Waals surface area contributed by atoms with Crippen LogP contribution in [-0.2, 0) is 0 Å². The minimum atomic E-state index is 0. The molecule has 0 saturated carbocycles. The van der Waals surface area contributed by atoms with Crippen molar-refractivity contribution in [2.24, 2.45) is 0 Å². The zero-order chi connectivity index (χ0) is 5.41. The third-order valence-corrected chi connectivity index (χ3v) is 0.0500. The second-order valence-electron chi connectivity index (χ2n) is 0.224. The summed E-state index contributed by atoms with van der Waals surface area (Å²) in [7, 11) is 0. The van der Waals surface area contributed by atoms with Crippen molar-refractivity contribution >= 4 is 12.4 Å². The third-order valence-electron chi connectivity index (χ3n) is 0.0500. The Morgan fingerprint density at radius 1 is 1.00 bits per heavy atom. The van der Waals surface area contributed by atoms with Gasteiger partial charge in [-0.25, -0.2) is 5.26 Å². The molecule has 0 heterocycles. The Hall–Kier alpha value is -1.24. The molecule has 0 aromatic rings. The highest BCUT2D eigenvalue weighted by atomic mass is 35.5. The van der Waals surface area contributed by atoms with Crippen molar-refractivity contribution in [2.45, 2.75) is 0 Å². The fourth-order valence-electron chi connectivity index (χ4n) is 0. The van der Waals surface area contributed by atoms with E-state index in [1.54, 1.807) is 0 Å². The van der Waals surface area contributed by atoms with Crippen LogP contribution in [0.1, 0.15) is 0 Å². The lowest BCUT2D eigenvalue weighted by atomic mass is 10.9. The molecular formula is C3H2ClN3. The van der Waals surface area contributed by atoms with E-state index in [9.17, 15) is 0 Å². The summed E-state index contributed by atoms with van der Waals surface area (Å²) in [5, 5.41) is 21.0. The summed E-state index contributed by atoms with van der Waals surface area (Å²) in [5.74, 6) is 0. The molecule has 0 N–H and O–H groups in total. The molecular weight excluding hydrogens is 114 g/mol. The summed E-state index contributed by atoms with van der Waals surface area (Å²) in [6.45, 7) is 3.50. The van der Waals surface area contributed by atoms with Gasteiger partial charge in [-0.1, -0.05) is 0 Å². The fourth-order valence-corrected chi connectivity index (χ4v) is 0. The van der Waals surface area contributed by atoms with Crippen LogP contribution in [0.4, 0.5) is 0 Å². The first-order chi connectivity index (χ1) is 2.91. The highest BCUT2D eigenvalue weighted by Gasteiger charge is 1.39. The number of nitrogens with zero attached hydrogens (tertiary/aromatic N) is 3. The van der Waals surface area contributed by atoms with E-state index >= 15 is 0 Å². The van der Waals surface area contributed by atoms with Crippen LogP contribution in [0.3, 0.4) is 0 Å². The van der Waals surface area contributed by atoms with Crippen molar-refractivity contribution < 1.29 is 0 Å². The minimum absolute atomic E-state index is 0. The molecule has 0 aliphatic heterocycles. The van der Waals surface area contributed by atoms with E-state index in [0.29, 0.717) is 0 Å². The lowest BCUT2D eigenvalue weighted by molar-refractivity contribution is 1.49. The largest absolute Gasteiger partial charge is 0.202 e. The lowest BCUT2D eigenvalue weighted by Crippen LogP contribution is -1.26. The normalized spacial score (nSPS) is 1.71. The van der Waals surface area contributed by atoms with Crippen molar-refractivity contribution in [3.63, 3.8) is 0 Å². The van der Waals surface area contributed by atoms with Gasteiger partial charge in [-0.05, 0) is 0 Å². The molecule has 0 unspecified atom stereocenters. The molecule has 0 aliphatic carbocycles. The Kier molecular flexibility index (Phi) is 285. The third kappa shape index (κ3) is 630. The van der Waals surface area contributed by atoms with Crippen LogP contribution in [0.2, 0.25) is 0 Å². The smallest absolute Gasteiger partial charge is 0.181 e. The first-order valence-electron chi connectivity index (χ1n) is 0.955. The summed E-state index contributed by atoms with van der Waals surface area (Å²) in [6.07, 6.45) is 0. The zero-order valence-electron chi connectivity index (χ0n) is 3.33. The standard InChI is InChI=1S/C2N2.CHN.ClH/c3-1-2-4;1-2;/h;1H;1H. The van der Waals surface area contributed by atoms with Gasteiger partial charge in [0.25, 0.3) is 0 Å². The maximum atomic E-state index is 7.26. The van der Waals surface area contributed by atoms with E-state index in [4.69, 9.17) is 15.8 Å². The Labute approximate surface area is 47.8 Å². The Bertz CT molecular complexity index is 91.6. The molecule has 4 heteroatoms. The summed E-state index contributed by atoms with van der Waals surface area (Å²) >= 11 is 0. The highest BCUT2D eigenvalue weighted by molar-refractivity contribution is 5.85. The number of halogens is 1. The summed E-state index contributed by atoms with van der Waals surface area (Å²) < 4.78 is 0. The average molecular weight is 116 g/mol. The van der Waals surface area contributed by atoms with Gasteiger partial charge in [0.05, 0.1) is 0 Å². The molecule has 0 saturated heterocycles. The van der Waals surface area contributed by atoms with Crippen molar-refractivity contribution in [1.29, 1.82) is 15.8 Å². The fraction of sp³-hybridized carbons (Fsp3) is 0. The molecule has 0 amide bonds. The van der Waals surface area contributed by atoms with Crippen LogP contribution < -0.4 is 0 Å². The highest BCUT2D eigenvalue weighted by Crippen LogP contribution is 1.27. The Morgan fingerprint density at radius 2 is 1.14 bits per heavy atom. The molecule has 0 bridgehead atoms. The first-order valence-corrected chi connectivity index (χ1v) is 0.955. The number of nitriles is 3. The van der Waals surface area contributed by atoms with Gasteiger partial charge >= 0.3 is 0 Å². The summed E-state index contributed by atoms with van der Waals surface area (Å²) in [5.41, 5.74) is 0. The van der Waals surface area contributed by atoms with E-state index in [-0.39, 0.29) is 12.4 Å². The molecule has 0 atom stereocenters. The minimum Gasteiger partial charge on any atom is -0.202 e. The second kappa shape index (κ2) is 117. The predicted octanol–water partition coefficient (Wildman–Crippen LogP) is 0.595.